The van der Waals surface area contributed by atoms with Crippen LogP contribution in [0.5, 0.6) is 0 Å². The largest absolute Gasteiger partial charge is 0.310 e. The van der Waals surface area contributed by atoms with Crippen LogP contribution in [0.1, 0.15) is 30.5 Å². The standard InChI is InChI=1S/C64H46N2/c1-41-29-35-55-56(39-41)62(42-30-36-48-47-20-11-14-26-57(47)64(2,3)58(48)40-42)52-24-9-10-25-53(52)63(55)54-37-38-61(49-21-8-7-19-46(49)54)65(43-17-5-4-6-18-43)44-31-33-45(34-32-44)66-59-27-15-12-22-50(59)51-23-13-16-28-60(51)66/h4-40H,1-3H3. The van der Waals surface area contributed by atoms with Crippen molar-refractivity contribution in [3.63, 3.8) is 0 Å². The van der Waals surface area contributed by atoms with Gasteiger partial charge >= 0.3 is 0 Å². The second-order valence-corrected chi connectivity index (χ2v) is 18.5. The minimum atomic E-state index is -0.0912. The molecule has 66 heavy (non-hydrogen) atoms. The number of para-hydroxylation sites is 3. The fourth-order valence-corrected chi connectivity index (χ4v) is 11.4. The summed E-state index contributed by atoms with van der Waals surface area (Å²) in [6.07, 6.45) is 0. The summed E-state index contributed by atoms with van der Waals surface area (Å²) in [5, 5.41) is 9.99. The van der Waals surface area contributed by atoms with Crippen LogP contribution in [0.25, 0.3) is 93.2 Å². The average molecular weight is 843 g/mol. The number of rotatable bonds is 6. The smallest absolute Gasteiger partial charge is 0.0541 e. The van der Waals surface area contributed by atoms with Gasteiger partial charge in [-0.15, -0.1) is 0 Å². The van der Waals surface area contributed by atoms with Crippen LogP contribution in [0, 0.1) is 6.92 Å². The van der Waals surface area contributed by atoms with Crippen molar-refractivity contribution in [3.05, 3.63) is 241 Å². The Labute approximate surface area is 385 Å². The van der Waals surface area contributed by atoms with E-state index < -0.39 is 0 Å². The van der Waals surface area contributed by atoms with Gasteiger partial charge in [-0.3, -0.25) is 0 Å². The Balaban J connectivity index is 0.997. The third-order valence-corrected chi connectivity index (χ3v) is 14.4. The second kappa shape index (κ2) is 14.7. The van der Waals surface area contributed by atoms with Gasteiger partial charge in [-0.25, -0.2) is 0 Å². The van der Waals surface area contributed by atoms with Crippen LogP contribution in [0.4, 0.5) is 17.1 Å². The maximum absolute atomic E-state index is 2.48. The summed E-state index contributed by atoms with van der Waals surface area (Å²) in [6, 6.07) is 83.2. The quantitative estimate of drug-likeness (QED) is 0.151. The van der Waals surface area contributed by atoms with Crippen LogP contribution in [0.3, 0.4) is 0 Å². The van der Waals surface area contributed by atoms with Gasteiger partial charge in [0.05, 0.1) is 16.7 Å². The molecule has 2 nitrogen and oxygen atoms in total. The van der Waals surface area contributed by atoms with Crippen molar-refractivity contribution in [2.45, 2.75) is 26.2 Å². The molecule has 1 aromatic heterocycles. The average Bonchev–Trinajstić information content (AvgIpc) is 3.82. The van der Waals surface area contributed by atoms with Crippen molar-refractivity contribution in [2.24, 2.45) is 0 Å². The summed E-state index contributed by atoms with van der Waals surface area (Å²) in [7, 11) is 0. The van der Waals surface area contributed by atoms with Crippen LogP contribution in [0.15, 0.2) is 224 Å². The van der Waals surface area contributed by atoms with E-state index in [0.29, 0.717) is 0 Å². The maximum Gasteiger partial charge on any atom is 0.0541 e. The van der Waals surface area contributed by atoms with Gasteiger partial charge in [-0.1, -0.05) is 183 Å². The zero-order chi connectivity index (χ0) is 44.1. The molecule has 1 aliphatic carbocycles. The topological polar surface area (TPSA) is 8.17 Å². The highest BCUT2D eigenvalue weighted by Crippen LogP contribution is 2.52. The molecule has 2 heteroatoms. The molecule has 312 valence electrons. The van der Waals surface area contributed by atoms with Gasteiger partial charge in [0.25, 0.3) is 0 Å². The maximum atomic E-state index is 2.48. The predicted octanol–water partition coefficient (Wildman–Crippen LogP) is 17.7. The molecule has 0 amide bonds. The Morgan fingerprint density at radius 3 is 1.64 bits per heavy atom. The summed E-state index contributed by atoms with van der Waals surface area (Å²) in [5.74, 6) is 0. The van der Waals surface area contributed by atoms with Crippen molar-refractivity contribution < 1.29 is 0 Å². The van der Waals surface area contributed by atoms with Gasteiger partial charge in [-0.05, 0) is 139 Å². The van der Waals surface area contributed by atoms with Crippen molar-refractivity contribution in [1.29, 1.82) is 0 Å². The number of benzene rings is 11. The zero-order valence-corrected chi connectivity index (χ0v) is 37.3. The lowest BCUT2D eigenvalue weighted by molar-refractivity contribution is 0.660. The second-order valence-electron chi connectivity index (χ2n) is 18.5. The SMILES string of the molecule is Cc1ccc2c(-c3ccc(N(c4ccccc4)c4ccc(-n5c6ccccc6c6ccccc65)cc4)c4ccccc34)c3ccccc3c(-c3ccc4c(c3)C(C)(C)c3ccccc3-4)c2c1. The molecular weight excluding hydrogens is 797 g/mol. The molecular formula is C64H46N2. The van der Waals surface area contributed by atoms with Crippen LogP contribution in [-0.4, -0.2) is 4.57 Å². The minimum absolute atomic E-state index is 0.0912. The Morgan fingerprint density at radius 2 is 0.909 bits per heavy atom. The molecule has 0 N–H and O–H groups in total. The molecule has 0 unspecified atom stereocenters. The van der Waals surface area contributed by atoms with Crippen LogP contribution in [-0.2, 0) is 5.41 Å². The molecule has 0 atom stereocenters. The minimum Gasteiger partial charge on any atom is -0.310 e. The van der Waals surface area contributed by atoms with Crippen molar-refractivity contribution in [2.75, 3.05) is 4.90 Å². The molecule has 0 fully saturated rings. The lowest BCUT2D eigenvalue weighted by atomic mass is 9.80. The predicted molar refractivity (Wildman–Crippen MR) is 281 cm³/mol. The van der Waals surface area contributed by atoms with Gasteiger partial charge in [0.1, 0.15) is 0 Å². The number of aromatic nitrogens is 1. The van der Waals surface area contributed by atoms with E-state index in [-0.39, 0.29) is 5.41 Å². The van der Waals surface area contributed by atoms with E-state index in [0.717, 1.165) is 22.7 Å². The molecule has 0 saturated heterocycles. The fraction of sp³-hybridized carbons (Fsp3) is 0.0625. The van der Waals surface area contributed by atoms with Crippen LogP contribution in [0.2, 0.25) is 0 Å². The summed E-state index contributed by atoms with van der Waals surface area (Å²) < 4.78 is 2.39. The Hall–Kier alpha value is -8.20. The summed E-state index contributed by atoms with van der Waals surface area (Å²) >= 11 is 0. The molecule has 0 radical (unpaired) electrons. The molecule has 0 saturated carbocycles. The van der Waals surface area contributed by atoms with Crippen molar-refractivity contribution in [1.82, 2.24) is 4.57 Å². The fourth-order valence-electron chi connectivity index (χ4n) is 11.4. The van der Waals surface area contributed by atoms with Crippen molar-refractivity contribution >= 4 is 71.2 Å². The molecule has 12 aromatic rings. The summed E-state index contributed by atoms with van der Waals surface area (Å²) in [5.41, 5.74) is 18.6. The van der Waals surface area contributed by atoms with E-state index in [9.17, 15) is 0 Å². The van der Waals surface area contributed by atoms with E-state index in [4.69, 9.17) is 0 Å². The lowest BCUT2D eigenvalue weighted by Gasteiger charge is -2.28. The van der Waals surface area contributed by atoms with E-state index in [1.807, 2.05) is 0 Å². The van der Waals surface area contributed by atoms with E-state index >= 15 is 0 Å². The number of aryl methyl sites for hydroxylation is 1. The molecule has 0 bridgehead atoms. The van der Waals surface area contributed by atoms with Crippen LogP contribution >= 0.6 is 0 Å². The highest BCUT2D eigenvalue weighted by molar-refractivity contribution is 6.24. The Morgan fingerprint density at radius 1 is 0.364 bits per heavy atom. The van der Waals surface area contributed by atoms with Crippen LogP contribution < -0.4 is 4.90 Å². The molecule has 1 heterocycles. The molecule has 11 aromatic carbocycles. The number of nitrogens with zero attached hydrogens (tertiary/aromatic N) is 2. The Bertz CT molecular complexity index is 3860. The third kappa shape index (κ3) is 5.68. The lowest BCUT2D eigenvalue weighted by Crippen LogP contribution is -2.14. The first kappa shape index (κ1) is 38.3. The highest BCUT2D eigenvalue weighted by atomic mass is 15.1. The molecule has 1 aliphatic rings. The number of hydrogen-bond acceptors (Lipinski definition) is 1. The normalized spacial score (nSPS) is 12.9. The first-order chi connectivity index (χ1) is 32.4. The van der Waals surface area contributed by atoms with Gasteiger partial charge in [0.2, 0.25) is 0 Å². The summed E-state index contributed by atoms with van der Waals surface area (Å²) in [4.78, 5) is 2.41. The van der Waals surface area contributed by atoms with Crippen molar-refractivity contribution in [3.8, 4) is 39.1 Å². The number of fused-ring (bicyclic) bond motifs is 9. The first-order valence-electron chi connectivity index (χ1n) is 23.1. The van der Waals surface area contributed by atoms with E-state index in [2.05, 4.69) is 255 Å². The third-order valence-electron chi connectivity index (χ3n) is 14.4. The number of anilines is 3. The van der Waals surface area contributed by atoms with Gasteiger partial charge in [0.15, 0.2) is 0 Å². The highest BCUT2D eigenvalue weighted by Gasteiger charge is 2.35. The van der Waals surface area contributed by atoms with Gasteiger partial charge < -0.3 is 9.47 Å². The van der Waals surface area contributed by atoms with Gasteiger partial charge in [0, 0.05) is 38.6 Å². The monoisotopic (exact) mass is 842 g/mol. The molecule has 13 rings (SSSR count). The molecule has 0 spiro atoms. The Kier molecular flexibility index (Phi) is 8.51. The van der Waals surface area contributed by atoms with Gasteiger partial charge in [-0.2, -0.15) is 0 Å². The zero-order valence-electron chi connectivity index (χ0n) is 37.3. The summed E-state index contributed by atoms with van der Waals surface area (Å²) in [6.45, 7) is 6.97. The first-order valence-corrected chi connectivity index (χ1v) is 23.1. The van der Waals surface area contributed by atoms with E-state index in [1.54, 1.807) is 0 Å². The van der Waals surface area contributed by atoms with E-state index in [1.165, 1.54) is 104 Å². The molecule has 0 aliphatic heterocycles. The number of hydrogen-bond donors (Lipinski definition) is 0.